The number of fused-ring (bicyclic) bond motifs is 1. The predicted octanol–water partition coefficient (Wildman–Crippen LogP) is 3.10. The minimum atomic E-state index is -0.818. The van der Waals surface area contributed by atoms with Crippen LogP contribution >= 0.6 is 0 Å². The Morgan fingerprint density at radius 1 is 1.21 bits per heavy atom. The second-order valence-electron chi connectivity index (χ2n) is 9.98. The minimum Gasteiger partial charge on any atom is -0.496 e. The third-order valence-electron chi connectivity index (χ3n) is 7.60. The van der Waals surface area contributed by atoms with E-state index in [4.69, 9.17) is 4.74 Å². The number of piperidine rings is 1. The second kappa shape index (κ2) is 11.0. The number of carbonyl (C=O) groups excluding carboxylic acids is 3. The van der Waals surface area contributed by atoms with E-state index in [2.05, 4.69) is 21.7 Å². The van der Waals surface area contributed by atoms with Crippen LogP contribution in [-0.4, -0.2) is 59.9 Å². The first-order valence-electron chi connectivity index (χ1n) is 13.0. The van der Waals surface area contributed by atoms with Gasteiger partial charge < -0.3 is 25.3 Å². The Balaban J connectivity index is 1.39. The molecule has 196 valence electrons. The van der Waals surface area contributed by atoms with E-state index in [1.807, 2.05) is 48.5 Å². The van der Waals surface area contributed by atoms with E-state index >= 15 is 0 Å². The summed E-state index contributed by atoms with van der Waals surface area (Å²) in [6.07, 6.45) is 2.22. The molecule has 2 aliphatic heterocycles. The number of carbonyl (C=O) groups is 3. The Kier molecular flexibility index (Phi) is 7.31. The first-order chi connectivity index (χ1) is 18.5. The molecule has 9 nitrogen and oxygen atoms in total. The van der Waals surface area contributed by atoms with Gasteiger partial charge in [-0.05, 0) is 49.4 Å². The van der Waals surface area contributed by atoms with Crippen molar-refractivity contribution in [3.63, 3.8) is 0 Å². The normalized spacial score (nSPS) is 21.9. The van der Waals surface area contributed by atoms with Crippen LogP contribution in [0.4, 0.5) is 0 Å². The van der Waals surface area contributed by atoms with Crippen molar-refractivity contribution in [1.82, 2.24) is 20.5 Å². The van der Waals surface area contributed by atoms with Gasteiger partial charge in [0.25, 0.3) is 5.91 Å². The van der Waals surface area contributed by atoms with Crippen LogP contribution in [0.5, 0.6) is 5.75 Å². The molecule has 0 radical (unpaired) electrons. The van der Waals surface area contributed by atoms with E-state index in [1.54, 1.807) is 18.1 Å². The Morgan fingerprint density at radius 2 is 2.03 bits per heavy atom. The smallest absolute Gasteiger partial charge is 0.271 e. The zero-order chi connectivity index (χ0) is 26.6. The monoisotopic (exact) mass is 513 g/mol. The fourth-order valence-electron chi connectivity index (χ4n) is 5.61. The summed E-state index contributed by atoms with van der Waals surface area (Å²) in [5.74, 6) is -0.441. The molecule has 0 spiro atoms. The number of likely N-dealkylation sites (tertiary alicyclic amines) is 1. The van der Waals surface area contributed by atoms with Gasteiger partial charge in [0.1, 0.15) is 23.5 Å². The lowest BCUT2D eigenvalue weighted by Gasteiger charge is -2.27. The van der Waals surface area contributed by atoms with Crippen molar-refractivity contribution in [3.8, 4) is 11.8 Å². The van der Waals surface area contributed by atoms with Gasteiger partial charge in [-0.1, -0.05) is 36.4 Å². The van der Waals surface area contributed by atoms with Crippen molar-refractivity contribution in [2.75, 3.05) is 20.2 Å². The van der Waals surface area contributed by atoms with Gasteiger partial charge in [0.15, 0.2) is 0 Å². The number of nitriles is 1. The molecule has 38 heavy (non-hydrogen) atoms. The lowest BCUT2D eigenvalue weighted by molar-refractivity contribution is -0.128. The fraction of sp³-hybridized carbons (Fsp3) is 0.379. The van der Waals surface area contributed by atoms with Crippen molar-refractivity contribution in [1.29, 1.82) is 5.26 Å². The van der Waals surface area contributed by atoms with Crippen molar-refractivity contribution in [2.45, 2.75) is 43.7 Å². The maximum absolute atomic E-state index is 13.8. The second-order valence-corrected chi connectivity index (χ2v) is 9.98. The zero-order valence-corrected chi connectivity index (χ0v) is 21.3. The largest absolute Gasteiger partial charge is 0.496 e. The molecule has 2 saturated heterocycles. The maximum Gasteiger partial charge on any atom is 0.271 e. The Labute approximate surface area is 221 Å². The number of nitrogens with one attached hydrogen (secondary N) is 3. The number of aromatic nitrogens is 1. The Morgan fingerprint density at radius 3 is 2.76 bits per heavy atom. The molecule has 2 aliphatic rings. The Hall–Kier alpha value is -4.32. The van der Waals surface area contributed by atoms with E-state index in [-0.39, 0.29) is 36.0 Å². The average molecular weight is 514 g/mol. The lowest BCUT2D eigenvalue weighted by Crippen LogP contribution is -2.49. The van der Waals surface area contributed by atoms with Gasteiger partial charge in [0.2, 0.25) is 11.8 Å². The van der Waals surface area contributed by atoms with E-state index in [1.165, 1.54) is 0 Å². The minimum absolute atomic E-state index is 0.0283. The molecule has 9 heteroatoms. The predicted molar refractivity (Wildman–Crippen MR) is 141 cm³/mol. The molecule has 2 unspecified atom stereocenters. The van der Waals surface area contributed by atoms with Crippen molar-refractivity contribution in [2.24, 2.45) is 5.92 Å². The summed E-state index contributed by atoms with van der Waals surface area (Å²) in [5, 5.41) is 16.2. The number of ether oxygens (including phenoxy) is 1. The van der Waals surface area contributed by atoms with Crippen molar-refractivity contribution >= 4 is 28.6 Å². The van der Waals surface area contributed by atoms with Gasteiger partial charge >= 0.3 is 0 Å². The number of benzene rings is 2. The highest BCUT2D eigenvalue weighted by Gasteiger charge is 2.41. The third-order valence-corrected chi connectivity index (χ3v) is 7.60. The summed E-state index contributed by atoms with van der Waals surface area (Å²) < 4.78 is 5.44. The first kappa shape index (κ1) is 25.3. The standard InChI is InChI=1S/C29H31N5O4/c1-38-26-11-5-10-23-22(26)15-24(33-23)29(37)34-17-20(18-7-3-2-4-8-18)14-25(34)28(36)32-21(16-30)13-19-9-6-12-31-27(19)35/h2-5,7-8,10-11,15,19-21,25,33H,6,9,12-14,17H2,1H3,(H,31,35)(H,32,36)/t19-,20?,21-,25?/m0/s1. The number of methoxy groups -OCH3 is 1. The van der Waals surface area contributed by atoms with Crippen LogP contribution in [-0.2, 0) is 9.59 Å². The average Bonchev–Trinajstić information content (AvgIpc) is 3.59. The van der Waals surface area contributed by atoms with Crippen LogP contribution in [0.2, 0.25) is 0 Å². The van der Waals surface area contributed by atoms with Crippen molar-refractivity contribution in [3.05, 3.63) is 65.9 Å². The van der Waals surface area contributed by atoms with Gasteiger partial charge in [-0.3, -0.25) is 14.4 Å². The van der Waals surface area contributed by atoms with Crippen LogP contribution in [0, 0.1) is 17.2 Å². The van der Waals surface area contributed by atoms with Gasteiger partial charge in [-0.15, -0.1) is 0 Å². The topological polar surface area (TPSA) is 127 Å². The van der Waals surface area contributed by atoms with Gasteiger partial charge in [0.05, 0.1) is 13.2 Å². The molecule has 5 rings (SSSR count). The van der Waals surface area contributed by atoms with E-state index in [9.17, 15) is 19.6 Å². The molecule has 3 aromatic rings. The maximum atomic E-state index is 13.8. The highest BCUT2D eigenvalue weighted by molar-refractivity contribution is 6.02. The summed E-state index contributed by atoms with van der Waals surface area (Å²) in [4.78, 5) is 44.3. The Bertz CT molecular complexity index is 1380. The van der Waals surface area contributed by atoms with Crippen LogP contribution in [0.25, 0.3) is 10.9 Å². The molecule has 0 saturated carbocycles. The summed E-state index contributed by atoms with van der Waals surface area (Å²) >= 11 is 0. The summed E-state index contributed by atoms with van der Waals surface area (Å²) in [5.41, 5.74) is 2.18. The molecular weight excluding hydrogens is 482 g/mol. The SMILES string of the molecule is COc1cccc2[nH]c(C(=O)N3CC(c4ccccc4)CC3C(=O)N[C@H](C#N)C[C@@H]3CCCNC3=O)cc12. The van der Waals surface area contributed by atoms with Crippen molar-refractivity contribution < 1.29 is 19.1 Å². The lowest BCUT2D eigenvalue weighted by atomic mass is 9.91. The fourth-order valence-corrected chi connectivity index (χ4v) is 5.61. The molecule has 3 heterocycles. The first-order valence-corrected chi connectivity index (χ1v) is 13.0. The number of hydrogen-bond acceptors (Lipinski definition) is 5. The van der Waals surface area contributed by atoms with Gasteiger partial charge in [-0.2, -0.15) is 5.26 Å². The highest BCUT2D eigenvalue weighted by atomic mass is 16.5. The van der Waals surface area contributed by atoms with Crippen LogP contribution in [0.15, 0.2) is 54.6 Å². The van der Waals surface area contributed by atoms with Crippen LogP contribution in [0.1, 0.15) is 47.7 Å². The van der Waals surface area contributed by atoms with Gasteiger partial charge in [-0.25, -0.2) is 0 Å². The highest BCUT2D eigenvalue weighted by Crippen LogP contribution is 2.34. The molecule has 0 bridgehead atoms. The van der Waals surface area contributed by atoms with Crippen LogP contribution < -0.4 is 15.4 Å². The molecule has 3 N–H and O–H groups in total. The number of rotatable bonds is 7. The number of hydrogen-bond donors (Lipinski definition) is 3. The molecule has 4 atom stereocenters. The quantitative estimate of drug-likeness (QED) is 0.447. The summed E-state index contributed by atoms with van der Waals surface area (Å²) in [7, 11) is 1.58. The van der Waals surface area contributed by atoms with E-state index < -0.39 is 12.1 Å². The van der Waals surface area contributed by atoms with E-state index in [0.717, 1.165) is 22.9 Å². The van der Waals surface area contributed by atoms with E-state index in [0.29, 0.717) is 37.4 Å². The molecule has 1 aromatic heterocycles. The number of aromatic amines is 1. The number of nitrogens with zero attached hydrogens (tertiary/aromatic N) is 2. The molecule has 3 amide bonds. The summed E-state index contributed by atoms with van der Waals surface area (Å²) in [6, 6.07) is 17.7. The molecule has 2 aromatic carbocycles. The number of amides is 3. The zero-order valence-electron chi connectivity index (χ0n) is 21.3. The molecule has 0 aliphatic carbocycles. The van der Waals surface area contributed by atoms with Crippen LogP contribution in [0.3, 0.4) is 0 Å². The number of H-pyrrole nitrogens is 1. The summed E-state index contributed by atoms with van der Waals surface area (Å²) in [6.45, 7) is 1.01. The molecular formula is C29H31N5O4. The third kappa shape index (κ3) is 5.07. The molecule has 2 fully saturated rings. The van der Waals surface area contributed by atoms with Gasteiger partial charge in [0, 0.05) is 35.8 Å².